The van der Waals surface area contributed by atoms with E-state index in [9.17, 15) is 9.59 Å². The van der Waals surface area contributed by atoms with Crippen LogP contribution in [-0.2, 0) is 21.6 Å². The van der Waals surface area contributed by atoms with Crippen LogP contribution in [0.3, 0.4) is 0 Å². The highest BCUT2D eigenvalue weighted by Crippen LogP contribution is 2.65. The van der Waals surface area contributed by atoms with Gasteiger partial charge in [0.05, 0.1) is 28.7 Å². The third-order valence-electron chi connectivity index (χ3n) is 10.6. The molecule has 4 aromatic rings. The lowest BCUT2D eigenvalue weighted by atomic mass is 9.70. The van der Waals surface area contributed by atoms with E-state index in [1.165, 1.54) is 7.11 Å². The van der Waals surface area contributed by atoms with Gasteiger partial charge in [-0.05, 0) is 80.5 Å². The molecular formula is C34H31Cl2FN4O3. The minimum absolute atomic E-state index is 0.0144. The topological polar surface area (TPSA) is 76.5 Å². The Morgan fingerprint density at radius 3 is 2.70 bits per heavy atom. The molecule has 4 aliphatic rings. The highest BCUT2D eigenvalue weighted by atomic mass is 35.5. The van der Waals surface area contributed by atoms with Gasteiger partial charge in [-0.2, -0.15) is 0 Å². The van der Waals surface area contributed by atoms with E-state index in [4.69, 9.17) is 32.9 Å². The van der Waals surface area contributed by atoms with Gasteiger partial charge in [0.1, 0.15) is 17.2 Å². The summed E-state index contributed by atoms with van der Waals surface area (Å²) in [5.41, 5.74) is 3.49. The van der Waals surface area contributed by atoms with Gasteiger partial charge in [-0.3, -0.25) is 9.69 Å². The van der Waals surface area contributed by atoms with Crippen LogP contribution >= 0.6 is 23.2 Å². The Hall–Kier alpha value is -3.46. The molecule has 0 radical (unpaired) electrons. The van der Waals surface area contributed by atoms with Gasteiger partial charge in [0.2, 0.25) is 5.91 Å². The number of amides is 1. The summed E-state index contributed by atoms with van der Waals surface area (Å²) in [6.45, 7) is 4.76. The van der Waals surface area contributed by atoms with Crippen LogP contribution in [-0.4, -0.2) is 45.5 Å². The van der Waals surface area contributed by atoms with Gasteiger partial charge in [-0.15, -0.1) is 0 Å². The van der Waals surface area contributed by atoms with Gasteiger partial charge < -0.3 is 14.6 Å². The van der Waals surface area contributed by atoms with Crippen molar-refractivity contribution in [3.8, 4) is 0 Å². The lowest BCUT2D eigenvalue weighted by Gasteiger charge is -2.44. The molecule has 7 nitrogen and oxygen atoms in total. The summed E-state index contributed by atoms with van der Waals surface area (Å²) in [4.78, 5) is 34.9. The van der Waals surface area contributed by atoms with E-state index in [2.05, 4.69) is 21.7 Å². The number of aryl methyl sites for hydroxylation is 2. The van der Waals surface area contributed by atoms with E-state index in [1.54, 1.807) is 30.3 Å². The number of hydrogen-bond donors (Lipinski definition) is 1. The number of esters is 1. The number of benzene rings is 3. The van der Waals surface area contributed by atoms with E-state index < -0.39 is 23.2 Å². The Morgan fingerprint density at radius 2 is 1.95 bits per heavy atom. The average Bonchev–Trinajstić information content (AvgIpc) is 3.64. The van der Waals surface area contributed by atoms with Crippen molar-refractivity contribution in [2.75, 3.05) is 12.4 Å². The Balaban J connectivity index is 1.45. The summed E-state index contributed by atoms with van der Waals surface area (Å²) < 4.78 is 23.6. The summed E-state index contributed by atoms with van der Waals surface area (Å²) in [6, 6.07) is 14.1. The van der Waals surface area contributed by atoms with Gasteiger partial charge in [0.25, 0.3) is 0 Å². The molecule has 1 aromatic heterocycles. The normalized spacial score (nSPS) is 26.4. The lowest BCUT2D eigenvalue weighted by Crippen LogP contribution is -2.56. The van der Waals surface area contributed by atoms with Crippen LogP contribution in [0, 0.1) is 18.7 Å². The molecule has 0 bridgehead atoms. The maximum Gasteiger partial charge on any atom is 0.338 e. The quantitative estimate of drug-likeness (QED) is 0.241. The zero-order valence-corrected chi connectivity index (χ0v) is 26.0. The molecule has 8 rings (SSSR count). The molecule has 3 aliphatic heterocycles. The minimum atomic E-state index is -1.22. The Labute approximate surface area is 264 Å². The molecule has 3 aromatic carbocycles. The van der Waals surface area contributed by atoms with E-state index in [0.717, 1.165) is 47.2 Å². The SMILES string of the molecule is COC(=O)c1ccc2nc3n(c2c1C)CC[C@H]1[C@@H]3[C@H](c2cccc(Cl)c2F)[C@]2(C(=O)Nc3cc(Cl)ccc32)N1C(C)C1CC1. The first-order chi connectivity index (χ1) is 21.2. The number of halogens is 3. The first-order valence-electron chi connectivity index (χ1n) is 15.1. The number of hydrogen-bond acceptors (Lipinski definition) is 5. The fourth-order valence-corrected chi connectivity index (χ4v) is 9.02. The third-order valence-corrected chi connectivity index (χ3v) is 11.1. The van der Waals surface area contributed by atoms with Crippen LogP contribution in [0.2, 0.25) is 10.0 Å². The van der Waals surface area contributed by atoms with Gasteiger partial charge in [0, 0.05) is 46.7 Å². The Morgan fingerprint density at radius 1 is 1.16 bits per heavy atom. The van der Waals surface area contributed by atoms with Gasteiger partial charge in [-0.1, -0.05) is 41.4 Å². The molecule has 5 atom stereocenters. The number of nitrogens with zero attached hydrogens (tertiary/aromatic N) is 3. The van der Waals surface area contributed by atoms with Crippen LogP contribution in [0.15, 0.2) is 48.5 Å². The number of fused-ring (bicyclic) bond motifs is 7. The molecule has 2 fully saturated rings. The van der Waals surface area contributed by atoms with Gasteiger partial charge >= 0.3 is 5.97 Å². The largest absolute Gasteiger partial charge is 0.465 e. The summed E-state index contributed by atoms with van der Waals surface area (Å²) in [6.07, 6.45) is 2.90. The van der Waals surface area contributed by atoms with Crippen molar-refractivity contribution in [3.63, 3.8) is 0 Å². The number of carbonyl (C=O) groups excluding carboxylic acids is 2. The summed E-state index contributed by atoms with van der Waals surface area (Å²) in [5, 5.41) is 3.68. The standard InChI is InChI=1S/C34H31Cl2FN4O3/c1-16-20(32(42)44-3)10-12-24-30(16)40-14-13-26-27(31(40)38-24)28(21-5-4-6-23(36)29(21)37)34(41(26)17(2)18-7-8-18)22-11-9-19(35)15-25(22)39-33(34)43/h4-6,9-12,15,17-18,26-28H,7-8,13-14H2,1-3H3,(H,39,43)/t17?,26-,27+,28-,34+/m0/s1. The van der Waals surface area contributed by atoms with Crippen molar-refractivity contribution in [3.05, 3.63) is 92.5 Å². The highest BCUT2D eigenvalue weighted by Gasteiger charge is 2.70. The number of ether oxygens (including phenoxy) is 1. The molecule has 1 unspecified atom stereocenters. The number of likely N-dealkylation sites (tertiary alicyclic amines) is 1. The van der Waals surface area contributed by atoms with Gasteiger partial charge in [0.15, 0.2) is 0 Å². The maximum atomic E-state index is 16.4. The van der Waals surface area contributed by atoms with Crippen molar-refractivity contribution >= 4 is 51.8 Å². The first kappa shape index (κ1) is 28.0. The Bertz CT molecular complexity index is 1910. The van der Waals surface area contributed by atoms with E-state index >= 15 is 4.39 Å². The number of aromatic nitrogens is 2. The fourth-order valence-electron chi connectivity index (χ4n) is 8.67. The molecule has 1 amide bonds. The fraction of sp³-hybridized carbons (Fsp3) is 0.382. The summed E-state index contributed by atoms with van der Waals surface area (Å²) in [7, 11) is 1.37. The molecule has 10 heteroatoms. The van der Waals surface area contributed by atoms with Gasteiger partial charge in [-0.25, -0.2) is 14.2 Å². The zero-order chi connectivity index (χ0) is 30.7. The van der Waals surface area contributed by atoms with E-state index in [1.807, 2.05) is 25.1 Å². The first-order valence-corrected chi connectivity index (χ1v) is 15.9. The molecule has 1 aliphatic carbocycles. The minimum Gasteiger partial charge on any atom is -0.465 e. The second-order valence-corrected chi connectivity index (χ2v) is 13.5. The number of methoxy groups -OCH3 is 1. The molecular weight excluding hydrogens is 602 g/mol. The van der Waals surface area contributed by atoms with E-state index in [-0.39, 0.29) is 28.9 Å². The smallest absolute Gasteiger partial charge is 0.338 e. The molecule has 1 spiro atoms. The highest BCUT2D eigenvalue weighted by molar-refractivity contribution is 6.31. The van der Waals surface area contributed by atoms with Crippen LogP contribution < -0.4 is 5.32 Å². The summed E-state index contributed by atoms with van der Waals surface area (Å²) >= 11 is 12.9. The molecule has 1 saturated carbocycles. The molecule has 4 heterocycles. The molecule has 1 saturated heterocycles. The molecule has 44 heavy (non-hydrogen) atoms. The predicted octanol–water partition coefficient (Wildman–Crippen LogP) is 7.18. The van der Waals surface area contributed by atoms with Crippen molar-refractivity contribution in [1.29, 1.82) is 0 Å². The average molecular weight is 634 g/mol. The number of anilines is 1. The van der Waals surface area contributed by atoms with Crippen LogP contribution in [0.25, 0.3) is 11.0 Å². The third kappa shape index (κ3) is 3.62. The maximum absolute atomic E-state index is 16.4. The van der Waals surface area contributed by atoms with Crippen LogP contribution in [0.4, 0.5) is 10.1 Å². The van der Waals surface area contributed by atoms with Crippen molar-refractivity contribution in [2.45, 2.75) is 69.1 Å². The van der Waals surface area contributed by atoms with Crippen molar-refractivity contribution < 1.29 is 18.7 Å². The Kier molecular flexibility index (Phi) is 6.23. The number of carbonyl (C=O) groups is 2. The number of rotatable bonds is 4. The number of nitrogens with one attached hydrogen (secondary N) is 1. The second-order valence-electron chi connectivity index (χ2n) is 12.6. The molecule has 1 N–H and O–H groups in total. The van der Waals surface area contributed by atoms with Crippen LogP contribution in [0.1, 0.15) is 70.9 Å². The summed E-state index contributed by atoms with van der Waals surface area (Å²) in [5.74, 6) is -0.894. The number of imidazole rings is 1. The van der Waals surface area contributed by atoms with Crippen molar-refractivity contribution in [1.82, 2.24) is 14.5 Å². The zero-order valence-electron chi connectivity index (χ0n) is 24.5. The monoisotopic (exact) mass is 632 g/mol. The van der Waals surface area contributed by atoms with Crippen LogP contribution in [0.5, 0.6) is 0 Å². The predicted molar refractivity (Wildman–Crippen MR) is 167 cm³/mol. The second kappa shape index (κ2) is 9.77. The molecule has 226 valence electrons. The van der Waals surface area contributed by atoms with E-state index in [0.29, 0.717) is 34.3 Å². The van der Waals surface area contributed by atoms with Crippen molar-refractivity contribution in [2.24, 2.45) is 5.92 Å². The lowest BCUT2D eigenvalue weighted by molar-refractivity contribution is -0.129.